The van der Waals surface area contributed by atoms with E-state index in [1.165, 1.54) is 21.9 Å². The average molecular weight is 426 g/mol. The first-order valence-electron chi connectivity index (χ1n) is 9.78. The lowest BCUT2D eigenvalue weighted by molar-refractivity contribution is 0.613. The molecule has 0 unspecified atom stereocenters. The second kappa shape index (κ2) is 8.31. The van der Waals surface area contributed by atoms with Crippen molar-refractivity contribution in [2.45, 2.75) is 44.1 Å². The maximum absolute atomic E-state index is 12.4. The third-order valence-electron chi connectivity index (χ3n) is 4.96. The third kappa shape index (κ3) is 3.82. The van der Waals surface area contributed by atoms with Gasteiger partial charge >= 0.3 is 5.69 Å². The van der Waals surface area contributed by atoms with Crippen LogP contribution in [0.3, 0.4) is 0 Å². The highest BCUT2D eigenvalue weighted by atomic mass is 32.2. The number of nitrogens with one attached hydrogen (secondary N) is 2. The number of fused-ring (bicyclic) bond motifs is 1. The van der Waals surface area contributed by atoms with Gasteiger partial charge in [0.2, 0.25) is 5.16 Å². The summed E-state index contributed by atoms with van der Waals surface area (Å²) in [6.07, 6.45) is 1.78. The number of H-pyrrole nitrogens is 2. The Morgan fingerprint density at radius 2 is 1.90 bits per heavy atom. The quantitative estimate of drug-likeness (QED) is 0.440. The van der Waals surface area contributed by atoms with Gasteiger partial charge in [-0.15, -0.1) is 5.10 Å². The van der Waals surface area contributed by atoms with E-state index in [2.05, 4.69) is 32.1 Å². The number of thioether (sulfide) groups is 1. The molecule has 10 heteroatoms. The minimum atomic E-state index is -0.423. The Bertz CT molecular complexity index is 1300. The van der Waals surface area contributed by atoms with E-state index in [4.69, 9.17) is 0 Å². The Morgan fingerprint density at radius 1 is 1.13 bits per heavy atom. The van der Waals surface area contributed by atoms with Crippen molar-refractivity contribution >= 4 is 22.9 Å². The van der Waals surface area contributed by atoms with Gasteiger partial charge in [-0.05, 0) is 13.3 Å². The van der Waals surface area contributed by atoms with Crippen LogP contribution in [0.1, 0.15) is 31.2 Å². The maximum atomic E-state index is 12.4. The van der Waals surface area contributed by atoms with E-state index in [0.717, 1.165) is 18.4 Å². The summed E-state index contributed by atoms with van der Waals surface area (Å²) in [5.41, 5.74) is 2.13. The monoisotopic (exact) mass is 425 g/mol. The number of aromatic amines is 2. The van der Waals surface area contributed by atoms with Gasteiger partial charge < -0.3 is 4.57 Å². The molecule has 2 N–H and O–H groups in total. The maximum Gasteiger partial charge on any atom is 0.330 e. The number of unbranched alkanes of at least 4 members (excludes halogenated alkanes) is 1. The van der Waals surface area contributed by atoms with E-state index in [9.17, 15) is 9.59 Å². The highest BCUT2D eigenvalue weighted by Gasteiger charge is 2.17. The number of hydrogen-bond donors (Lipinski definition) is 2. The Hall–Kier alpha value is -3.14. The fourth-order valence-electron chi connectivity index (χ4n) is 3.22. The normalized spacial score (nSPS) is 11.4. The predicted molar refractivity (Wildman–Crippen MR) is 117 cm³/mol. The van der Waals surface area contributed by atoms with Gasteiger partial charge in [0.15, 0.2) is 17.0 Å². The van der Waals surface area contributed by atoms with Gasteiger partial charge in [-0.2, -0.15) is 0 Å². The zero-order valence-electron chi connectivity index (χ0n) is 17.1. The van der Waals surface area contributed by atoms with Crippen molar-refractivity contribution in [1.82, 2.24) is 34.3 Å². The van der Waals surface area contributed by atoms with E-state index in [1.54, 1.807) is 11.6 Å². The summed E-state index contributed by atoms with van der Waals surface area (Å²) in [4.78, 5) is 36.1. The van der Waals surface area contributed by atoms with Crippen LogP contribution in [0.2, 0.25) is 0 Å². The van der Waals surface area contributed by atoms with Crippen LogP contribution >= 0.6 is 11.8 Å². The lowest BCUT2D eigenvalue weighted by Gasteiger charge is -2.04. The zero-order valence-corrected chi connectivity index (χ0v) is 17.9. The second-order valence-corrected chi connectivity index (χ2v) is 8.09. The lowest BCUT2D eigenvalue weighted by atomic mass is 10.1. The summed E-state index contributed by atoms with van der Waals surface area (Å²) in [5, 5.41) is 7.82. The Balaban J connectivity index is 1.60. The summed E-state index contributed by atoms with van der Waals surface area (Å²) in [6.45, 7) is 4.61. The standard InChI is InChI=1S/C20H23N7O2S/c1-4-5-10-27-17-15(18(28)23-20(27)29)26(3)14(21-17)11-30-19-22-16(24-25-19)13-8-6-12(2)7-9-13/h6-9H,4-5,10-11H2,1-3H3,(H,22,24,25)(H,23,28,29). The van der Waals surface area contributed by atoms with Gasteiger partial charge in [0, 0.05) is 19.2 Å². The van der Waals surface area contributed by atoms with Crippen molar-refractivity contribution in [3.8, 4) is 11.4 Å². The highest BCUT2D eigenvalue weighted by Crippen LogP contribution is 2.23. The highest BCUT2D eigenvalue weighted by molar-refractivity contribution is 7.98. The summed E-state index contributed by atoms with van der Waals surface area (Å²) in [6, 6.07) is 8.05. The molecular weight excluding hydrogens is 402 g/mol. The van der Waals surface area contributed by atoms with Gasteiger partial charge in [-0.1, -0.05) is 54.9 Å². The fraction of sp³-hybridized carbons (Fsp3) is 0.350. The number of rotatable bonds is 7. The average Bonchev–Trinajstić information content (AvgIpc) is 3.32. The molecule has 0 aliphatic carbocycles. The number of hydrogen-bond acceptors (Lipinski definition) is 6. The van der Waals surface area contributed by atoms with Crippen molar-refractivity contribution in [2.75, 3.05) is 0 Å². The van der Waals surface area contributed by atoms with Crippen LogP contribution in [0.5, 0.6) is 0 Å². The topological polar surface area (TPSA) is 114 Å². The predicted octanol–water partition coefficient (Wildman–Crippen LogP) is 2.61. The zero-order chi connectivity index (χ0) is 21.3. The molecule has 0 aliphatic heterocycles. The van der Waals surface area contributed by atoms with Crippen molar-refractivity contribution in [1.29, 1.82) is 0 Å². The van der Waals surface area contributed by atoms with Crippen molar-refractivity contribution < 1.29 is 0 Å². The number of aromatic nitrogens is 7. The van der Waals surface area contributed by atoms with Crippen LogP contribution in [0, 0.1) is 6.92 Å². The molecule has 4 aromatic rings. The Labute approximate surface area is 176 Å². The fourth-order valence-corrected chi connectivity index (χ4v) is 4.01. The van der Waals surface area contributed by atoms with Gasteiger partial charge in [0.1, 0.15) is 5.82 Å². The van der Waals surface area contributed by atoms with Gasteiger partial charge in [0.25, 0.3) is 5.56 Å². The number of nitrogens with zero attached hydrogens (tertiary/aromatic N) is 5. The number of aryl methyl sites for hydroxylation is 3. The van der Waals surface area contributed by atoms with E-state index < -0.39 is 11.2 Å². The van der Waals surface area contributed by atoms with Crippen LogP contribution < -0.4 is 11.2 Å². The van der Waals surface area contributed by atoms with E-state index in [0.29, 0.717) is 40.3 Å². The minimum Gasteiger partial charge on any atom is -0.325 e. The SMILES string of the molecule is CCCCn1c(=O)[nH]c(=O)c2c1nc(CSc1n[nH]c(-c3ccc(C)cc3)n1)n2C. The number of benzene rings is 1. The van der Waals surface area contributed by atoms with E-state index in [-0.39, 0.29) is 0 Å². The molecule has 9 nitrogen and oxygen atoms in total. The van der Waals surface area contributed by atoms with Crippen molar-refractivity contribution in [2.24, 2.45) is 7.05 Å². The molecule has 3 heterocycles. The second-order valence-electron chi connectivity index (χ2n) is 7.15. The van der Waals surface area contributed by atoms with Crippen LogP contribution in [-0.2, 0) is 19.3 Å². The Morgan fingerprint density at radius 3 is 2.63 bits per heavy atom. The minimum absolute atomic E-state index is 0.400. The van der Waals surface area contributed by atoms with Gasteiger partial charge in [-0.25, -0.2) is 14.8 Å². The molecule has 1 aromatic carbocycles. The van der Waals surface area contributed by atoms with E-state index in [1.807, 2.05) is 31.2 Å². The molecule has 0 atom stereocenters. The van der Waals surface area contributed by atoms with Crippen LogP contribution in [0.4, 0.5) is 0 Å². The first-order valence-corrected chi connectivity index (χ1v) is 10.8. The first kappa shape index (κ1) is 20.1. The summed E-state index contributed by atoms with van der Waals surface area (Å²) >= 11 is 1.42. The van der Waals surface area contributed by atoms with Crippen molar-refractivity contribution in [3.63, 3.8) is 0 Å². The smallest absolute Gasteiger partial charge is 0.325 e. The summed E-state index contributed by atoms with van der Waals surface area (Å²) in [5.74, 6) is 1.85. The van der Waals surface area contributed by atoms with Crippen LogP contribution in [0.15, 0.2) is 39.0 Å². The molecule has 156 valence electrons. The molecular formula is C20H23N7O2S. The molecule has 0 amide bonds. The summed E-state index contributed by atoms with van der Waals surface area (Å²) in [7, 11) is 1.78. The molecule has 0 saturated heterocycles. The third-order valence-corrected chi connectivity index (χ3v) is 5.80. The molecule has 0 saturated carbocycles. The Kier molecular flexibility index (Phi) is 5.58. The lowest BCUT2D eigenvalue weighted by Crippen LogP contribution is -2.31. The molecule has 4 rings (SSSR count). The number of imidazole rings is 1. The van der Waals surface area contributed by atoms with E-state index >= 15 is 0 Å². The molecule has 0 bridgehead atoms. The largest absolute Gasteiger partial charge is 0.330 e. The molecule has 3 aromatic heterocycles. The van der Waals surface area contributed by atoms with Gasteiger partial charge in [0.05, 0.1) is 5.75 Å². The van der Waals surface area contributed by atoms with Crippen LogP contribution in [0.25, 0.3) is 22.6 Å². The molecule has 0 radical (unpaired) electrons. The van der Waals surface area contributed by atoms with Gasteiger partial charge in [-0.3, -0.25) is 19.4 Å². The van der Waals surface area contributed by atoms with Crippen LogP contribution in [-0.4, -0.2) is 34.3 Å². The first-order chi connectivity index (χ1) is 14.5. The summed E-state index contributed by atoms with van der Waals surface area (Å²) < 4.78 is 3.27. The van der Waals surface area contributed by atoms with Crippen molar-refractivity contribution in [3.05, 3.63) is 56.5 Å². The molecule has 0 aliphatic rings. The molecule has 30 heavy (non-hydrogen) atoms. The molecule has 0 fully saturated rings. The molecule has 0 spiro atoms.